The lowest BCUT2D eigenvalue weighted by Crippen LogP contribution is -2.50. The predicted octanol–water partition coefficient (Wildman–Crippen LogP) is 1.42. The average Bonchev–Trinajstić information content (AvgIpc) is 2.68. The predicted molar refractivity (Wildman–Crippen MR) is 79.2 cm³/mol. The summed E-state index contributed by atoms with van der Waals surface area (Å²) in [7, 11) is -2.82. The Labute approximate surface area is 117 Å². The van der Waals surface area contributed by atoms with Gasteiger partial charge in [0.1, 0.15) is 9.84 Å². The second-order valence-corrected chi connectivity index (χ2v) is 8.77. The van der Waals surface area contributed by atoms with E-state index in [-0.39, 0.29) is 0 Å². The van der Waals surface area contributed by atoms with Gasteiger partial charge in [-0.3, -0.25) is 4.90 Å². The van der Waals surface area contributed by atoms with Gasteiger partial charge in [0, 0.05) is 24.4 Å². The van der Waals surface area contributed by atoms with Crippen LogP contribution in [0.4, 0.5) is 0 Å². The van der Waals surface area contributed by atoms with Crippen LogP contribution < -0.4 is 5.32 Å². The Balaban J connectivity index is 1.92. The van der Waals surface area contributed by atoms with E-state index in [1.807, 2.05) is 0 Å². The molecule has 2 aliphatic rings. The van der Waals surface area contributed by atoms with Gasteiger partial charge in [0.15, 0.2) is 0 Å². The van der Waals surface area contributed by atoms with Crippen molar-refractivity contribution in [1.29, 1.82) is 0 Å². The standard InChI is InChI=1S/C14H28N2O2S/c1-13-6-9-15-14(7-3-4-8-14)12-16(13)10-5-11-19(2,17)18/h13,15H,3-12H2,1-2H3. The van der Waals surface area contributed by atoms with Gasteiger partial charge in [0.25, 0.3) is 0 Å². The molecule has 0 amide bonds. The second-order valence-electron chi connectivity index (χ2n) is 6.51. The molecule has 1 spiro atoms. The maximum atomic E-state index is 11.2. The molecule has 5 heteroatoms. The number of nitrogens with zero attached hydrogens (tertiary/aromatic N) is 1. The van der Waals surface area contributed by atoms with E-state index in [2.05, 4.69) is 17.1 Å². The van der Waals surface area contributed by atoms with Crippen LogP contribution in [0.2, 0.25) is 0 Å². The molecule has 112 valence electrons. The van der Waals surface area contributed by atoms with Gasteiger partial charge < -0.3 is 5.32 Å². The highest BCUT2D eigenvalue weighted by Crippen LogP contribution is 2.32. The molecular formula is C14H28N2O2S. The first-order valence-corrected chi connectivity index (χ1v) is 9.63. The highest BCUT2D eigenvalue weighted by atomic mass is 32.2. The maximum Gasteiger partial charge on any atom is 0.147 e. The summed E-state index contributed by atoms with van der Waals surface area (Å²) < 4.78 is 22.5. The molecule has 4 nitrogen and oxygen atoms in total. The van der Waals surface area contributed by atoms with E-state index in [9.17, 15) is 8.42 Å². The first-order chi connectivity index (χ1) is 8.90. The van der Waals surface area contributed by atoms with Crippen LogP contribution in [0, 0.1) is 0 Å². The number of hydrogen-bond donors (Lipinski definition) is 1. The summed E-state index contributed by atoms with van der Waals surface area (Å²) in [5.41, 5.74) is 0.315. The van der Waals surface area contributed by atoms with Gasteiger partial charge in [-0.15, -0.1) is 0 Å². The average molecular weight is 288 g/mol. The topological polar surface area (TPSA) is 49.4 Å². The number of rotatable bonds is 4. The smallest absolute Gasteiger partial charge is 0.147 e. The highest BCUT2D eigenvalue weighted by Gasteiger charge is 2.37. The molecule has 1 aliphatic carbocycles. The zero-order valence-corrected chi connectivity index (χ0v) is 13.1. The molecule has 0 aromatic heterocycles. The van der Waals surface area contributed by atoms with Gasteiger partial charge in [0.2, 0.25) is 0 Å². The summed E-state index contributed by atoms with van der Waals surface area (Å²) in [5.74, 6) is 0.316. The van der Waals surface area contributed by atoms with Crippen molar-refractivity contribution in [2.75, 3.05) is 31.6 Å². The molecule has 0 bridgehead atoms. The van der Waals surface area contributed by atoms with Crippen LogP contribution in [-0.4, -0.2) is 56.5 Å². The molecule has 1 heterocycles. The third kappa shape index (κ3) is 4.43. The molecular weight excluding hydrogens is 260 g/mol. The van der Waals surface area contributed by atoms with Crippen LogP contribution in [-0.2, 0) is 9.84 Å². The zero-order chi connectivity index (χ0) is 13.9. The molecule has 0 aromatic carbocycles. The van der Waals surface area contributed by atoms with Crippen molar-refractivity contribution in [3.8, 4) is 0 Å². The van der Waals surface area contributed by atoms with Crippen LogP contribution >= 0.6 is 0 Å². The van der Waals surface area contributed by atoms with Crippen LogP contribution in [0.15, 0.2) is 0 Å². The Morgan fingerprint density at radius 2 is 2.00 bits per heavy atom. The van der Waals surface area contributed by atoms with Crippen molar-refractivity contribution < 1.29 is 8.42 Å². The van der Waals surface area contributed by atoms with Gasteiger partial charge in [0.05, 0.1) is 5.75 Å². The molecule has 19 heavy (non-hydrogen) atoms. The summed E-state index contributed by atoms with van der Waals surface area (Å²) >= 11 is 0. The van der Waals surface area contributed by atoms with E-state index >= 15 is 0 Å². The minimum Gasteiger partial charge on any atom is -0.310 e. The fourth-order valence-corrected chi connectivity index (χ4v) is 4.20. The fourth-order valence-electron chi connectivity index (χ4n) is 3.55. The largest absolute Gasteiger partial charge is 0.310 e. The SMILES string of the molecule is CC1CCNC2(CCCC2)CN1CCCS(C)(=O)=O. The Kier molecular flexibility index (Phi) is 4.90. The van der Waals surface area contributed by atoms with Crippen molar-refractivity contribution >= 4 is 9.84 Å². The lowest BCUT2D eigenvalue weighted by molar-refractivity contribution is 0.168. The fraction of sp³-hybridized carbons (Fsp3) is 1.00. The minimum absolute atomic E-state index is 0.315. The van der Waals surface area contributed by atoms with Crippen molar-refractivity contribution in [3.05, 3.63) is 0 Å². The highest BCUT2D eigenvalue weighted by molar-refractivity contribution is 7.90. The van der Waals surface area contributed by atoms with Gasteiger partial charge in [-0.25, -0.2) is 8.42 Å². The third-order valence-electron chi connectivity index (χ3n) is 4.71. The van der Waals surface area contributed by atoms with E-state index in [1.54, 1.807) is 0 Å². The quantitative estimate of drug-likeness (QED) is 0.850. The van der Waals surface area contributed by atoms with Crippen molar-refractivity contribution in [3.63, 3.8) is 0 Å². The molecule has 1 N–H and O–H groups in total. The number of hydrogen-bond acceptors (Lipinski definition) is 4. The van der Waals surface area contributed by atoms with Crippen molar-refractivity contribution in [2.45, 2.75) is 57.0 Å². The summed E-state index contributed by atoms with van der Waals surface area (Å²) in [6.45, 7) is 5.38. The summed E-state index contributed by atoms with van der Waals surface area (Å²) in [6, 6.07) is 0.562. The second kappa shape index (κ2) is 6.10. The lowest BCUT2D eigenvalue weighted by atomic mass is 9.97. The van der Waals surface area contributed by atoms with Crippen molar-refractivity contribution in [1.82, 2.24) is 10.2 Å². The van der Waals surface area contributed by atoms with Crippen molar-refractivity contribution in [2.24, 2.45) is 0 Å². The molecule has 2 rings (SSSR count). The molecule has 1 saturated carbocycles. The van der Waals surface area contributed by atoms with E-state index < -0.39 is 9.84 Å². The Hall–Kier alpha value is -0.130. The van der Waals surface area contributed by atoms with E-state index in [1.165, 1.54) is 38.4 Å². The van der Waals surface area contributed by atoms with Gasteiger partial charge in [-0.05, 0) is 45.7 Å². The van der Waals surface area contributed by atoms with E-state index in [4.69, 9.17) is 0 Å². The van der Waals surface area contributed by atoms with E-state index in [0.717, 1.165) is 26.1 Å². The van der Waals surface area contributed by atoms with Crippen LogP contribution in [0.5, 0.6) is 0 Å². The summed E-state index contributed by atoms with van der Waals surface area (Å²) in [6.07, 6.45) is 8.49. The van der Waals surface area contributed by atoms with Crippen LogP contribution in [0.3, 0.4) is 0 Å². The number of sulfone groups is 1. The van der Waals surface area contributed by atoms with E-state index in [0.29, 0.717) is 17.3 Å². The van der Waals surface area contributed by atoms with Gasteiger partial charge >= 0.3 is 0 Å². The van der Waals surface area contributed by atoms with Crippen LogP contribution in [0.1, 0.15) is 45.4 Å². The maximum absolute atomic E-state index is 11.2. The first kappa shape index (κ1) is 15.3. The molecule has 1 atom stereocenters. The lowest BCUT2D eigenvalue weighted by Gasteiger charge is -2.35. The summed E-state index contributed by atoms with van der Waals surface area (Å²) in [4.78, 5) is 2.51. The first-order valence-electron chi connectivity index (χ1n) is 7.57. The molecule has 1 saturated heterocycles. The van der Waals surface area contributed by atoms with Crippen LogP contribution in [0.25, 0.3) is 0 Å². The Morgan fingerprint density at radius 1 is 1.32 bits per heavy atom. The Morgan fingerprint density at radius 3 is 2.63 bits per heavy atom. The van der Waals surface area contributed by atoms with Gasteiger partial charge in [-0.1, -0.05) is 12.8 Å². The zero-order valence-electron chi connectivity index (χ0n) is 12.3. The Bertz CT molecular complexity index is 388. The monoisotopic (exact) mass is 288 g/mol. The molecule has 0 radical (unpaired) electrons. The third-order valence-corrected chi connectivity index (χ3v) is 5.74. The van der Waals surface area contributed by atoms with Gasteiger partial charge in [-0.2, -0.15) is 0 Å². The molecule has 0 aromatic rings. The molecule has 1 aliphatic heterocycles. The number of nitrogens with one attached hydrogen (secondary N) is 1. The summed E-state index contributed by atoms with van der Waals surface area (Å²) in [5, 5.41) is 3.76. The normalized spacial score (nSPS) is 28.6. The minimum atomic E-state index is -2.82. The molecule has 1 unspecified atom stereocenters. The molecule has 2 fully saturated rings.